The summed E-state index contributed by atoms with van der Waals surface area (Å²) in [6.45, 7) is 1.89. The quantitative estimate of drug-likeness (QED) is 0.798. The van der Waals surface area contributed by atoms with Crippen LogP contribution in [0, 0.1) is 6.92 Å². The van der Waals surface area contributed by atoms with Crippen LogP contribution in [0.1, 0.15) is 16.1 Å². The summed E-state index contributed by atoms with van der Waals surface area (Å²) in [5.41, 5.74) is 1.81. The molecular formula is C10H9N3O2. The Morgan fingerprint density at radius 1 is 1.47 bits per heavy atom. The molecule has 2 aromatic rings. The highest BCUT2D eigenvalue weighted by molar-refractivity contribution is 5.85. The Bertz CT molecular complexity index is 505. The summed E-state index contributed by atoms with van der Waals surface area (Å²) < 4.78 is 1.53. The number of aromatic carboxylic acids is 1. The van der Waals surface area contributed by atoms with E-state index in [1.807, 2.05) is 6.92 Å². The molecular weight excluding hydrogens is 194 g/mol. The molecule has 0 saturated carbocycles. The molecule has 0 fully saturated rings. The Labute approximate surface area is 86.0 Å². The second-order valence-electron chi connectivity index (χ2n) is 3.11. The Morgan fingerprint density at radius 3 is 2.87 bits per heavy atom. The lowest BCUT2D eigenvalue weighted by molar-refractivity contribution is 0.0690. The third-order valence-electron chi connectivity index (χ3n) is 2.05. The van der Waals surface area contributed by atoms with Gasteiger partial charge in [0.05, 0.1) is 5.69 Å². The van der Waals surface area contributed by atoms with Crippen LogP contribution in [0.25, 0.3) is 5.69 Å². The van der Waals surface area contributed by atoms with Crippen LogP contribution in [0.4, 0.5) is 0 Å². The lowest BCUT2D eigenvalue weighted by Crippen LogP contribution is -2.02. The van der Waals surface area contributed by atoms with Crippen LogP contribution >= 0.6 is 0 Å². The van der Waals surface area contributed by atoms with Crippen LogP contribution in [-0.2, 0) is 0 Å². The minimum absolute atomic E-state index is 0.0335. The van der Waals surface area contributed by atoms with Crippen LogP contribution in [-0.4, -0.2) is 25.8 Å². The fourth-order valence-corrected chi connectivity index (χ4v) is 1.30. The first-order valence-electron chi connectivity index (χ1n) is 4.38. The maximum absolute atomic E-state index is 10.6. The molecule has 5 nitrogen and oxygen atoms in total. The fourth-order valence-electron chi connectivity index (χ4n) is 1.30. The molecule has 0 aromatic carbocycles. The molecule has 1 N–H and O–H groups in total. The number of nitrogens with zero attached hydrogens (tertiary/aromatic N) is 3. The lowest BCUT2D eigenvalue weighted by Gasteiger charge is -2.03. The minimum Gasteiger partial charge on any atom is -0.476 e. The monoisotopic (exact) mass is 203 g/mol. The van der Waals surface area contributed by atoms with Gasteiger partial charge in [-0.15, -0.1) is 0 Å². The molecule has 0 aliphatic rings. The molecule has 2 rings (SSSR count). The van der Waals surface area contributed by atoms with Gasteiger partial charge in [-0.2, -0.15) is 5.10 Å². The number of hydrogen-bond donors (Lipinski definition) is 1. The zero-order valence-corrected chi connectivity index (χ0v) is 8.08. The van der Waals surface area contributed by atoms with E-state index in [2.05, 4.69) is 10.1 Å². The highest BCUT2D eigenvalue weighted by Gasteiger charge is 2.08. The third kappa shape index (κ3) is 1.71. The van der Waals surface area contributed by atoms with Gasteiger partial charge in [0.1, 0.15) is 0 Å². The van der Waals surface area contributed by atoms with Crippen molar-refractivity contribution in [2.24, 2.45) is 0 Å². The molecule has 0 spiro atoms. The van der Waals surface area contributed by atoms with Gasteiger partial charge >= 0.3 is 5.97 Å². The van der Waals surface area contributed by atoms with Gasteiger partial charge in [-0.3, -0.25) is 4.98 Å². The van der Waals surface area contributed by atoms with Crippen LogP contribution in [0.3, 0.4) is 0 Å². The van der Waals surface area contributed by atoms with E-state index in [1.54, 1.807) is 24.7 Å². The van der Waals surface area contributed by atoms with E-state index in [4.69, 9.17) is 5.11 Å². The third-order valence-corrected chi connectivity index (χ3v) is 2.05. The number of rotatable bonds is 2. The first kappa shape index (κ1) is 9.39. The number of pyridine rings is 1. The summed E-state index contributed by atoms with van der Waals surface area (Å²) >= 11 is 0. The predicted molar refractivity (Wildman–Crippen MR) is 53.1 cm³/mol. The highest BCUT2D eigenvalue weighted by Crippen LogP contribution is 2.11. The Hall–Kier alpha value is -2.17. The standard InChI is InChI=1S/C10H9N3O2/c1-7-6-11-4-2-9(7)13-5-3-8(12-13)10(14)15/h2-6H,1H3,(H,14,15). The molecule has 0 unspecified atom stereocenters. The second-order valence-corrected chi connectivity index (χ2v) is 3.11. The molecule has 5 heteroatoms. The molecule has 2 aromatic heterocycles. The van der Waals surface area contributed by atoms with Crippen molar-refractivity contribution in [3.05, 3.63) is 42.0 Å². The highest BCUT2D eigenvalue weighted by atomic mass is 16.4. The number of aromatic nitrogens is 3. The summed E-state index contributed by atoms with van der Waals surface area (Å²) in [6.07, 6.45) is 4.97. The predicted octanol–water partition coefficient (Wildman–Crippen LogP) is 1.27. The van der Waals surface area contributed by atoms with Crippen LogP contribution < -0.4 is 0 Å². The fraction of sp³-hybridized carbons (Fsp3) is 0.100. The van der Waals surface area contributed by atoms with E-state index >= 15 is 0 Å². The smallest absolute Gasteiger partial charge is 0.356 e. The zero-order valence-electron chi connectivity index (χ0n) is 8.08. The van der Waals surface area contributed by atoms with Crippen LogP contribution in [0.2, 0.25) is 0 Å². The van der Waals surface area contributed by atoms with Gasteiger partial charge in [0.15, 0.2) is 5.69 Å². The molecule has 2 heterocycles. The van der Waals surface area contributed by atoms with Crippen molar-refractivity contribution >= 4 is 5.97 Å². The van der Waals surface area contributed by atoms with Gasteiger partial charge in [0, 0.05) is 18.6 Å². The van der Waals surface area contributed by atoms with Crippen LogP contribution in [0.15, 0.2) is 30.7 Å². The number of aryl methyl sites for hydroxylation is 1. The minimum atomic E-state index is -1.03. The van der Waals surface area contributed by atoms with E-state index in [1.165, 1.54) is 10.7 Å². The summed E-state index contributed by atoms with van der Waals surface area (Å²) in [6, 6.07) is 3.25. The average Bonchev–Trinajstić information content (AvgIpc) is 2.67. The van der Waals surface area contributed by atoms with Gasteiger partial charge in [-0.1, -0.05) is 0 Å². The van der Waals surface area contributed by atoms with Gasteiger partial charge in [0.25, 0.3) is 0 Å². The van der Waals surface area contributed by atoms with Crippen LogP contribution in [0.5, 0.6) is 0 Å². The molecule has 0 aliphatic heterocycles. The van der Waals surface area contributed by atoms with E-state index < -0.39 is 5.97 Å². The summed E-state index contributed by atoms with van der Waals surface area (Å²) in [7, 11) is 0. The zero-order chi connectivity index (χ0) is 10.8. The summed E-state index contributed by atoms with van der Waals surface area (Å²) in [5.74, 6) is -1.03. The number of carboxylic acid groups (broad SMARTS) is 1. The van der Waals surface area contributed by atoms with E-state index in [-0.39, 0.29) is 5.69 Å². The second kappa shape index (κ2) is 3.53. The first-order valence-corrected chi connectivity index (χ1v) is 4.38. The van der Waals surface area contributed by atoms with E-state index in [9.17, 15) is 4.79 Å². The Morgan fingerprint density at radius 2 is 2.27 bits per heavy atom. The molecule has 0 amide bonds. The number of carbonyl (C=O) groups is 1. The number of carboxylic acids is 1. The van der Waals surface area contributed by atoms with Gasteiger partial charge < -0.3 is 5.11 Å². The Kier molecular flexibility index (Phi) is 2.21. The Balaban J connectivity index is 2.46. The van der Waals surface area contributed by atoms with Crippen molar-refractivity contribution < 1.29 is 9.90 Å². The van der Waals surface area contributed by atoms with E-state index in [0.717, 1.165) is 11.3 Å². The molecule has 0 aliphatic carbocycles. The normalized spacial score (nSPS) is 10.2. The topological polar surface area (TPSA) is 68.0 Å². The lowest BCUT2D eigenvalue weighted by atomic mass is 10.3. The molecule has 76 valence electrons. The molecule has 0 radical (unpaired) electrons. The first-order chi connectivity index (χ1) is 7.18. The number of hydrogen-bond acceptors (Lipinski definition) is 3. The van der Waals surface area contributed by atoms with Crippen molar-refractivity contribution in [1.29, 1.82) is 0 Å². The maximum atomic E-state index is 10.6. The van der Waals surface area contributed by atoms with Crippen molar-refractivity contribution in [3.8, 4) is 5.69 Å². The largest absolute Gasteiger partial charge is 0.476 e. The molecule has 0 bridgehead atoms. The van der Waals surface area contributed by atoms with Crippen molar-refractivity contribution in [2.75, 3.05) is 0 Å². The molecule has 0 saturated heterocycles. The van der Waals surface area contributed by atoms with Crippen molar-refractivity contribution in [2.45, 2.75) is 6.92 Å². The molecule has 0 atom stereocenters. The van der Waals surface area contributed by atoms with E-state index in [0.29, 0.717) is 0 Å². The molecule has 15 heavy (non-hydrogen) atoms. The van der Waals surface area contributed by atoms with Gasteiger partial charge in [-0.25, -0.2) is 9.48 Å². The average molecular weight is 203 g/mol. The SMILES string of the molecule is Cc1cnccc1-n1ccc(C(=O)O)n1. The van der Waals surface area contributed by atoms with Crippen molar-refractivity contribution in [1.82, 2.24) is 14.8 Å². The summed E-state index contributed by atoms with van der Waals surface area (Å²) in [4.78, 5) is 14.6. The van der Waals surface area contributed by atoms with Gasteiger partial charge in [0.2, 0.25) is 0 Å². The van der Waals surface area contributed by atoms with Gasteiger partial charge in [-0.05, 0) is 24.6 Å². The maximum Gasteiger partial charge on any atom is 0.356 e. The summed E-state index contributed by atoms with van der Waals surface area (Å²) in [5, 5.41) is 12.7. The van der Waals surface area contributed by atoms with Crippen molar-refractivity contribution in [3.63, 3.8) is 0 Å².